The van der Waals surface area contributed by atoms with E-state index in [1.807, 2.05) is 73.7 Å². The van der Waals surface area contributed by atoms with Crippen LogP contribution in [0.2, 0.25) is 0 Å². The Labute approximate surface area is 147 Å². The van der Waals surface area contributed by atoms with Gasteiger partial charge in [0.05, 0.1) is 19.2 Å². The zero-order valence-corrected chi connectivity index (χ0v) is 14.1. The lowest BCUT2D eigenvalue weighted by Crippen LogP contribution is -2.19. The van der Waals surface area contributed by atoms with E-state index in [0.29, 0.717) is 13.0 Å². The first-order valence-electron chi connectivity index (χ1n) is 8.28. The number of benzene rings is 3. The van der Waals surface area contributed by atoms with Crippen LogP contribution in [-0.2, 0) is 11.2 Å². The molecule has 0 heterocycles. The fraction of sp³-hybridized carbons (Fsp3) is 0.143. The Balaban J connectivity index is 1.78. The number of carbonyl (C=O) groups is 1. The lowest BCUT2D eigenvalue weighted by Gasteiger charge is -2.10. The SMILES string of the molecule is CCOc1ccc2ccccc2c1C=NNC(=O)Cc1ccccc1. The molecule has 1 N–H and O–H groups in total. The predicted octanol–water partition coefficient (Wildman–Crippen LogP) is 3.93. The van der Waals surface area contributed by atoms with Crippen molar-refractivity contribution in [2.75, 3.05) is 6.61 Å². The molecule has 4 heteroatoms. The highest BCUT2D eigenvalue weighted by molar-refractivity contribution is 6.02. The van der Waals surface area contributed by atoms with Gasteiger partial charge < -0.3 is 4.74 Å². The van der Waals surface area contributed by atoms with Crippen LogP contribution in [0.4, 0.5) is 0 Å². The van der Waals surface area contributed by atoms with Crippen molar-refractivity contribution in [3.63, 3.8) is 0 Å². The Morgan fingerprint density at radius 2 is 1.80 bits per heavy atom. The van der Waals surface area contributed by atoms with Gasteiger partial charge in [0.25, 0.3) is 0 Å². The van der Waals surface area contributed by atoms with Crippen LogP contribution in [0.3, 0.4) is 0 Å². The minimum absolute atomic E-state index is 0.152. The van der Waals surface area contributed by atoms with Crippen LogP contribution in [0.1, 0.15) is 18.1 Å². The third kappa shape index (κ3) is 4.23. The van der Waals surface area contributed by atoms with Crippen LogP contribution in [0, 0.1) is 0 Å². The van der Waals surface area contributed by atoms with E-state index < -0.39 is 0 Å². The maximum Gasteiger partial charge on any atom is 0.244 e. The number of hydrogen-bond donors (Lipinski definition) is 1. The molecule has 0 fully saturated rings. The molecule has 25 heavy (non-hydrogen) atoms. The van der Waals surface area contributed by atoms with Crippen molar-refractivity contribution < 1.29 is 9.53 Å². The molecular weight excluding hydrogens is 312 g/mol. The fourth-order valence-corrected chi connectivity index (χ4v) is 2.68. The Kier molecular flexibility index (Phi) is 5.42. The molecule has 0 aliphatic heterocycles. The molecule has 0 atom stereocenters. The average molecular weight is 332 g/mol. The second-order valence-electron chi connectivity index (χ2n) is 5.59. The summed E-state index contributed by atoms with van der Waals surface area (Å²) in [7, 11) is 0. The summed E-state index contributed by atoms with van der Waals surface area (Å²) in [4.78, 5) is 12.0. The number of ether oxygens (including phenoxy) is 1. The van der Waals surface area contributed by atoms with Gasteiger partial charge in [-0.05, 0) is 29.3 Å². The van der Waals surface area contributed by atoms with Crippen molar-refractivity contribution >= 4 is 22.9 Å². The molecule has 0 aliphatic carbocycles. The molecule has 0 aliphatic rings. The molecule has 4 nitrogen and oxygen atoms in total. The van der Waals surface area contributed by atoms with Crippen LogP contribution >= 0.6 is 0 Å². The quantitative estimate of drug-likeness (QED) is 0.549. The van der Waals surface area contributed by atoms with Crippen molar-refractivity contribution in [2.45, 2.75) is 13.3 Å². The Morgan fingerprint density at radius 3 is 2.60 bits per heavy atom. The first-order chi connectivity index (χ1) is 12.3. The van der Waals surface area contributed by atoms with Gasteiger partial charge in [-0.2, -0.15) is 5.10 Å². The van der Waals surface area contributed by atoms with Gasteiger partial charge in [-0.25, -0.2) is 5.43 Å². The number of nitrogens with one attached hydrogen (secondary N) is 1. The van der Waals surface area contributed by atoms with Gasteiger partial charge in [-0.15, -0.1) is 0 Å². The summed E-state index contributed by atoms with van der Waals surface area (Å²) in [5.74, 6) is 0.600. The van der Waals surface area contributed by atoms with E-state index in [2.05, 4.69) is 10.5 Å². The average Bonchev–Trinajstić information content (AvgIpc) is 2.64. The molecule has 0 bridgehead atoms. The van der Waals surface area contributed by atoms with Gasteiger partial charge in [0, 0.05) is 5.56 Å². The molecule has 0 saturated carbocycles. The zero-order valence-electron chi connectivity index (χ0n) is 14.1. The minimum atomic E-state index is -0.152. The normalized spacial score (nSPS) is 10.9. The van der Waals surface area contributed by atoms with Crippen LogP contribution in [0.15, 0.2) is 71.8 Å². The molecule has 3 rings (SSSR count). The standard InChI is InChI=1S/C21H20N2O2/c1-2-25-20-13-12-17-10-6-7-11-18(17)19(20)15-22-23-21(24)14-16-8-4-3-5-9-16/h3-13,15H,2,14H2,1H3,(H,23,24). The highest BCUT2D eigenvalue weighted by Gasteiger charge is 2.07. The number of hydrogen-bond acceptors (Lipinski definition) is 3. The second-order valence-corrected chi connectivity index (χ2v) is 5.59. The number of fused-ring (bicyclic) bond motifs is 1. The fourth-order valence-electron chi connectivity index (χ4n) is 2.68. The molecular formula is C21H20N2O2. The summed E-state index contributed by atoms with van der Waals surface area (Å²) in [6.07, 6.45) is 1.95. The Hall–Kier alpha value is -3.14. The third-order valence-corrected chi connectivity index (χ3v) is 3.82. The lowest BCUT2D eigenvalue weighted by atomic mass is 10.0. The molecule has 3 aromatic carbocycles. The van der Waals surface area contributed by atoms with Gasteiger partial charge in [0.1, 0.15) is 5.75 Å². The second kappa shape index (κ2) is 8.11. The van der Waals surface area contributed by atoms with E-state index in [4.69, 9.17) is 4.74 Å². The van der Waals surface area contributed by atoms with Gasteiger partial charge >= 0.3 is 0 Å². The van der Waals surface area contributed by atoms with E-state index >= 15 is 0 Å². The molecule has 3 aromatic rings. The van der Waals surface area contributed by atoms with E-state index in [9.17, 15) is 4.79 Å². The molecule has 0 radical (unpaired) electrons. The van der Waals surface area contributed by atoms with Crippen LogP contribution < -0.4 is 10.2 Å². The molecule has 0 unspecified atom stereocenters. The van der Waals surface area contributed by atoms with Crippen molar-refractivity contribution in [1.82, 2.24) is 5.43 Å². The van der Waals surface area contributed by atoms with Crippen molar-refractivity contribution in [1.29, 1.82) is 0 Å². The summed E-state index contributed by atoms with van der Waals surface area (Å²) in [5, 5.41) is 6.26. The van der Waals surface area contributed by atoms with Crippen LogP contribution in [0.25, 0.3) is 10.8 Å². The summed E-state index contributed by atoms with van der Waals surface area (Å²) in [6.45, 7) is 2.51. The topological polar surface area (TPSA) is 50.7 Å². The summed E-state index contributed by atoms with van der Waals surface area (Å²) in [6, 6.07) is 21.6. The summed E-state index contributed by atoms with van der Waals surface area (Å²) >= 11 is 0. The van der Waals surface area contributed by atoms with E-state index in [-0.39, 0.29) is 5.91 Å². The Bertz CT molecular complexity index is 889. The highest BCUT2D eigenvalue weighted by Crippen LogP contribution is 2.26. The zero-order chi connectivity index (χ0) is 17.5. The van der Waals surface area contributed by atoms with Crippen LogP contribution in [0.5, 0.6) is 5.75 Å². The number of nitrogens with zero attached hydrogens (tertiary/aromatic N) is 1. The smallest absolute Gasteiger partial charge is 0.244 e. The summed E-state index contributed by atoms with van der Waals surface area (Å²) in [5.41, 5.74) is 4.40. The van der Waals surface area contributed by atoms with E-state index in [0.717, 1.165) is 27.6 Å². The molecule has 1 amide bonds. The van der Waals surface area contributed by atoms with Gasteiger partial charge in [-0.3, -0.25) is 4.79 Å². The van der Waals surface area contributed by atoms with Gasteiger partial charge in [0.15, 0.2) is 0 Å². The number of hydrazone groups is 1. The Morgan fingerprint density at radius 1 is 1.04 bits per heavy atom. The number of rotatable bonds is 6. The van der Waals surface area contributed by atoms with Crippen LogP contribution in [-0.4, -0.2) is 18.7 Å². The highest BCUT2D eigenvalue weighted by atomic mass is 16.5. The van der Waals surface area contributed by atoms with Gasteiger partial charge in [-0.1, -0.05) is 60.7 Å². The largest absolute Gasteiger partial charge is 0.493 e. The molecule has 0 aromatic heterocycles. The minimum Gasteiger partial charge on any atom is -0.493 e. The predicted molar refractivity (Wildman–Crippen MR) is 101 cm³/mol. The summed E-state index contributed by atoms with van der Waals surface area (Å²) < 4.78 is 5.69. The maximum absolute atomic E-state index is 12.0. The number of amides is 1. The molecule has 0 saturated heterocycles. The monoisotopic (exact) mass is 332 g/mol. The molecule has 126 valence electrons. The third-order valence-electron chi connectivity index (χ3n) is 3.82. The van der Waals surface area contributed by atoms with E-state index in [1.54, 1.807) is 6.21 Å². The first kappa shape index (κ1) is 16.7. The van der Waals surface area contributed by atoms with Gasteiger partial charge in [0.2, 0.25) is 5.91 Å². The van der Waals surface area contributed by atoms with Crippen molar-refractivity contribution in [3.05, 3.63) is 77.9 Å². The van der Waals surface area contributed by atoms with E-state index in [1.165, 1.54) is 0 Å². The lowest BCUT2D eigenvalue weighted by molar-refractivity contribution is -0.120. The van der Waals surface area contributed by atoms with Crippen molar-refractivity contribution in [3.8, 4) is 5.75 Å². The number of carbonyl (C=O) groups excluding carboxylic acids is 1. The maximum atomic E-state index is 12.0. The first-order valence-corrected chi connectivity index (χ1v) is 8.28. The molecule has 0 spiro atoms. The van der Waals surface area contributed by atoms with Crippen molar-refractivity contribution in [2.24, 2.45) is 5.10 Å².